The van der Waals surface area contributed by atoms with E-state index in [2.05, 4.69) is 71.1 Å². The quantitative estimate of drug-likeness (QED) is 0.349. The Morgan fingerprint density at radius 1 is 1.00 bits per heavy atom. The third-order valence-electron chi connectivity index (χ3n) is 4.82. The van der Waals surface area contributed by atoms with Crippen LogP contribution in [0.1, 0.15) is 52.2 Å². The van der Waals surface area contributed by atoms with Crippen LogP contribution in [-0.2, 0) is 11.2 Å². The van der Waals surface area contributed by atoms with Crippen molar-refractivity contribution in [1.29, 1.82) is 0 Å². The predicted octanol–water partition coefficient (Wildman–Crippen LogP) is 6.38. The Balaban J connectivity index is 0.000000582. The second-order valence-electron chi connectivity index (χ2n) is 7.16. The molecule has 0 bridgehead atoms. The molecule has 174 valence electrons. The van der Waals surface area contributed by atoms with Crippen molar-refractivity contribution in [2.45, 2.75) is 54.4 Å². The number of aromatic nitrogens is 4. The maximum atomic E-state index is 9.17. The highest BCUT2D eigenvalue weighted by molar-refractivity contribution is 5.80. The van der Waals surface area contributed by atoms with Gasteiger partial charge in [-0.2, -0.15) is 0 Å². The van der Waals surface area contributed by atoms with E-state index < -0.39 is 0 Å². The minimum Gasteiger partial charge on any atom is -0.354 e. The van der Waals surface area contributed by atoms with Crippen molar-refractivity contribution in [3.63, 3.8) is 0 Å². The van der Waals surface area contributed by atoms with Crippen molar-refractivity contribution in [2.24, 2.45) is 0 Å². The highest BCUT2D eigenvalue weighted by Crippen LogP contribution is 2.32. The maximum absolute atomic E-state index is 9.17. The average molecular weight is 446 g/mol. The molecule has 0 saturated heterocycles. The molecule has 6 heteroatoms. The lowest BCUT2D eigenvalue weighted by molar-refractivity contribution is -0.107. The molecular weight excluding hydrogens is 410 g/mol. The minimum absolute atomic E-state index is 0.630. The topological polar surface area (TPSA) is 72.2 Å². The van der Waals surface area contributed by atoms with Gasteiger partial charge < -0.3 is 10.1 Å². The van der Waals surface area contributed by atoms with Crippen LogP contribution in [0.25, 0.3) is 28.3 Å². The number of fused-ring (bicyclic) bond motifs is 1. The Kier molecular flexibility index (Phi) is 10.2. The van der Waals surface area contributed by atoms with E-state index in [9.17, 15) is 4.79 Å². The maximum Gasteiger partial charge on any atom is 0.223 e. The molecule has 0 amide bonds. The third-order valence-corrected chi connectivity index (χ3v) is 4.82. The van der Waals surface area contributed by atoms with Gasteiger partial charge in [0, 0.05) is 30.9 Å². The monoisotopic (exact) mass is 445 g/mol. The summed E-state index contributed by atoms with van der Waals surface area (Å²) < 4.78 is 2.12. The summed E-state index contributed by atoms with van der Waals surface area (Å²) in [7, 11) is 0. The van der Waals surface area contributed by atoms with Crippen molar-refractivity contribution in [3.8, 4) is 22.6 Å². The first-order valence-corrected chi connectivity index (χ1v) is 11.7. The zero-order chi connectivity index (χ0) is 24.2. The van der Waals surface area contributed by atoms with Crippen LogP contribution >= 0.6 is 0 Å². The fourth-order valence-corrected chi connectivity index (χ4v) is 3.20. The van der Waals surface area contributed by atoms with E-state index >= 15 is 0 Å². The van der Waals surface area contributed by atoms with Crippen LogP contribution < -0.4 is 5.32 Å². The molecule has 0 spiro atoms. The van der Waals surface area contributed by atoms with Gasteiger partial charge in [-0.3, -0.25) is 4.40 Å². The number of benzene rings is 1. The smallest absolute Gasteiger partial charge is 0.223 e. The second kappa shape index (κ2) is 13.1. The van der Waals surface area contributed by atoms with Crippen LogP contribution in [-0.4, -0.2) is 32.2 Å². The van der Waals surface area contributed by atoms with Crippen molar-refractivity contribution in [3.05, 3.63) is 66.0 Å². The summed E-state index contributed by atoms with van der Waals surface area (Å²) in [5, 5.41) is 3.19. The first-order chi connectivity index (χ1) is 16.1. The van der Waals surface area contributed by atoms with Gasteiger partial charge in [-0.15, -0.1) is 0 Å². The Morgan fingerprint density at radius 3 is 2.30 bits per heavy atom. The number of hydrogen-bond donors (Lipinski definition) is 1. The van der Waals surface area contributed by atoms with E-state index in [1.54, 1.807) is 6.20 Å². The molecule has 33 heavy (non-hydrogen) atoms. The molecule has 6 nitrogen and oxygen atoms in total. The van der Waals surface area contributed by atoms with Crippen molar-refractivity contribution in [1.82, 2.24) is 19.4 Å². The molecule has 3 aromatic heterocycles. The fraction of sp³-hybridized carbons (Fsp3) is 0.333. The molecule has 0 aliphatic rings. The van der Waals surface area contributed by atoms with Gasteiger partial charge in [-0.1, -0.05) is 57.5 Å². The van der Waals surface area contributed by atoms with Crippen LogP contribution in [0.2, 0.25) is 0 Å². The lowest BCUT2D eigenvalue weighted by atomic mass is 10.1. The predicted molar refractivity (Wildman–Crippen MR) is 138 cm³/mol. The second-order valence-corrected chi connectivity index (χ2v) is 7.16. The minimum atomic E-state index is 0.630. The normalized spacial score (nSPS) is 10.0. The van der Waals surface area contributed by atoms with Crippen molar-refractivity contribution >= 4 is 17.9 Å². The molecule has 1 N–H and O–H groups in total. The number of pyridine rings is 1. The molecule has 0 fully saturated rings. The molecule has 0 aliphatic heterocycles. The Morgan fingerprint density at radius 2 is 1.70 bits per heavy atom. The van der Waals surface area contributed by atoms with E-state index in [1.165, 1.54) is 11.1 Å². The molecule has 0 aliphatic carbocycles. The van der Waals surface area contributed by atoms with Gasteiger partial charge in [0.05, 0.1) is 17.1 Å². The Bertz CT molecular complexity index is 1150. The van der Waals surface area contributed by atoms with Gasteiger partial charge in [0.15, 0.2) is 0 Å². The number of carbonyl (C=O) groups is 1. The fourth-order valence-electron chi connectivity index (χ4n) is 3.20. The average Bonchev–Trinajstić information content (AvgIpc) is 3.25. The van der Waals surface area contributed by atoms with Crippen molar-refractivity contribution in [2.75, 3.05) is 11.9 Å². The van der Waals surface area contributed by atoms with Gasteiger partial charge in [0.1, 0.15) is 11.9 Å². The SMILES string of the molecule is CC.CCC=O.CCNc1nccc(-c2c(-c3ccc(C)cc3)nc3cc(CC)ccn23)n1. The summed E-state index contributed by atoms with van der Waals surface area (Å²) >= 11 is 0. The molecule has 0 saturated carbocycles. The molecule has 0 unspecified atom stereocenters. The number of carbonyl (C=O) groups excluding carboxylic acids is 1. The van der Waals surface area contributed by atoms with E-state index in [1.807, 2.05) is 33.8 Å². The first kappa shape index (κ1) is 25.7. The van der Waals surface area contributed by atoms with Gasteiger partial charge in [0.25, 0.3) is 0 Å². The summed E-state index contributed by atoms with van der Waals surface area (Å²) in [6.07, 6.45) is 6.37. The molecule has 4 aromatic rings. The van der Waals surface area contributed by atoms with Crippen molar-refractivity contribution < 1.29 is 4.79 Å². The summed E-state index contributed by atoms with van der Waals surface area (Å²) in [6.45, 7) is 12.9. The zero-order valence-electron chi connectivity index (χ0n) is 20.6. The van der Waals surface area contributed by atoms with Gasteiger partial charge in [0.2, 0.25) is 5.95 Å². The van der Waals surface area contributed by atoms with E-state index in [4.69, 9.17) is 9.97 Å². The largest absolute Gasteiger partial charge is 0.354 e. The number of nitrogens with zero attached hydrogens (tertiary/aromatic N) is 4. The highest BCUT2D eigenvalue weighted by atomic mass is 16.1. The standard InChI is InChI=1S/C22H23N5.C3H6O.C2H6/c1-4-16-11-13-27-19(14-16)26-20(17-8-6-15(3)7-9-17)21(27)18-10-12-24-22(25-18)23-5-2;1-2-3-4;1-2/h6-14H,4-5H2,1-3H3,(H,23,24,25);3H,2H2,1H3;1-2H3. The van der Waals surface area contributed by atoms with E-state index in [-0.39, 0.29) is 0 Å². The number of nitrogens with one attached hydrogen (secondary N) is 1. The summed E-state index contributed by atoms with van der Waals surface area (Å²) in [6, 6.07) is 14.7. The number of anilines is 1. The summed E-state index contributed by atoms with van der Waals surface area (Å²) in [4.78, 5) is 23.2. The number of rotatable bonds is 6. The van der Waals surface area contributed by atoms with Gasteiger partial charge >= 0.3 is 0 Å². The number of aryl methyl sites for hydroxylation is 2. The van der Waals surface area contributed by atoms with Gasteiger partial charge in [-0.05, 0) is 44.0 Å². The van der Waals surface area contributed by atoms with Crippen LogP contribution in [0.15, 0.2) is 54.9 Å². The van der Waals surface area contributed by atoms with E-state index in [0.29, 0.717) is 12.4 Å². The lowest BCUT2D eigenvalue weighted by Gasteiger charge is -2.08. The van der Waals surface area contributed by atoms with Gasteiger partial charge in [-0.25, -0.2) is 15.0 Å². The number of aldehydes is 1. The highest BCUT2D eigenvalue weighted by Gasteiger charge is 2.18. The van der Waals surface area contributed by atoms with E-state index in [0.717, 1.165) is 47.5 Å². The van der Waals surface area contributed by atoms with Crippen LogP contribution in [0.5, 0.6) is 0 Å². The third kappa shape index (κ3) is 6.48. The molecule has 0 radical (unpaired) electrons. The Hall–Kier alpha value is -3.54. The molecule has 3 heterocycles. The molecular formula is C27H35N5O. The summed E-state index contributed by atoms with van der Waals surface area (Å²) in [5.74, 6) is 0.630. The lowest BCUT2D eigenvalue weighted by Crippen LogP contribution is -2.03. The van der Waals surface area contributed by atoms with Crippen LogP contribution in [0.3, 0.4) is 0 Å². The molecule has 0 atom stereocenters. The zero-order valence-corrected chi connectivity index (χ0v) is 20.6. The number of imidazole rings is 1. The molecule has 1 aromatic carbocycles. The van der Waals surface area contributed by atoms with Crippen LogP contribution in [0.4, 0.5) is 5.95 Å². The number of hydrogen-bond acceptors (Lipinski definition) is 5. The van der Waals surface area contributed by atoms with Crippen LogP contribution in [0, 0.1) is 6.92 Å². The Labute approximate surface area is 197 Å². The summed E-state index contributed by atoms with van der Waals surface area (Å²) in [5.41, 5.74) is 7.29. The first-order valence-electron chi connectivity index (χ1n) is 11.7. The molecule has 4 rings (SSSR count).